The molecule has 0 fully saturated rings. The zero-order valence-electron chi connectivity index (χ0n) is 16.1. The smallest absolute Gasteiger partial charge is 0.295 e. The van der Waals surface area contributed by atoms with Gasteiger partial charge in [-0.25, -0.2) is 0 Å². The molecule has 3 aromatic rings. The van der Waals surface area contributed by atoms with Gasteiger partial charge in [0.15, 0.2) is 0 Å². The van der Waals surface area contributed by atoms with E-state index in [9.17, 15) is 49.0 Å². The van der Waals surface area contributed by atoms with Crippen molar-refractivity contribution in [3.8, 4) is 0 Å². The molecular formula is C17H14N2O11S3. The van der Waals surface area contributed by atoms with Crippen molar-refractivity contribution in [1.82, 2.24) is 0 Å². The number of rotatable bonds is 7. The minimum atomic E-state index is -5.10. The SMILES string of the molecule is O=[N+]([O-])c1cccc(CNc2cc(S(=O)(=O)O)cc3cc(S(=O)(=O)O)cc(S(=O)(=O)O)c23)c1. The molecule has 13 nitrogen and oxygen atoms in total. The molecule has 176 valence electrons. The molecule has 0 saturated heterocycles. The van der Waals surface area contributed by atoms with Gasteiger partial charge in [-0.3, -0.25) is 23.8 Å². The standard InChI is InChI=1S/C17H14N2O11S3/c20-19(21)12-3-1-2-10(4-12)9-18-15-7-13(31(22,23)24)5-11-6-14(32(25,26)27)8-16(17(11)15)33(28,29)30/h1-8,18H,9H2,(H,22,23,24)(H,25,26,27)(H,28,29,30). The molecule has 0 aliphatic rings. The lowest BCUT2D eigenvalue weighted by Crippen LogP contribution is -2.09. The Bertz CT molecular complexity index is 1610. The fourth-order valence-corrected chi connectivity index (χ4v) is 4.96. The van der Waals surface area contributed by atoms with Gasteiger partial charge in [-0.2, -0.15) is 25.3 Å². The van der Waals surface area contributed by atoms with Crippen LogP contribution in [0.3, 0.4) is 0 Å². The van der Waals surface area contributed by atoms with Crippen molar-refractivity contribution in [3.63, 3.8) is 0 Å². The summed E-state index contributed by atoms with van der Waals surface area (Å²) in [6, 6.07) is 8.07. The maximum absolute atomic E-state index is 12.0. The number of hydrogen-bond donors (Lipinski definition) is 4. The Morgan fingerprint density at radius 1 is 0.818 bits per heavy atom. The van der Waals surface area contributed by atoms with Crippen molar-refractivity contribution >= 4 is 52.5 Å². The maximum Gasteiger partial charge on any atom is 0.295 e. The van der Waals surface area contributed by atoms with Gasteiger partial charge in [-0.05, 0) is 35.2 Å². The van der Waals surface area contributed by atoms with Gasteiger partial charge in [0.1, 0.15) is 4.90 Å². The zero-order chi connectivity index (χ0) is 24.8. The van der Waals surface area contributed by atoms with E-state index in [-0.39, 0.29) is 28.7 Å². The molecule has 0 aliphatic carbocycles. The quantitative estimate of drug-likeness (QED) is 0.201. The van der Waals surface area contributed by atoms with Crippen LogP contribution in [0.25, 0.3) is 10.8 Å². The highest BCUT2D eigenvalue weighted by Crippen LogP contribution is 2.35. The highest BCUT2D eigenvalue weighted by Gasteiger charge is 2.24. The van der Waals surface area contributed by atoms with E-state index in [2.05, 4.69) is 5.32 Å². The van der Waals surface area contributed by atoms with Gasteiger partial charge in [-0.15, -0.1) is 0 Å². The first kappa shape index (κ1) is 24.5. The summed E-state index contributed by atoms with van der Waals surface area (Å²) in [5, 5.41) is 12.9. The summed E-state index contributed by atoms with van der Waals surface area (Å²) in [7, 11) is -14.9. The number of nitrogens with zero attached hydrogens (tertiary/aromatic N) is 1. The summed E-state index contributed by atoms with van der Waals surface area (Å²) >= 11 is 0. The molecule has 33 heavy (non-hydrogen) atoms. The van der Waals surface area contributed by atoms with E-state index in [4.69, 9.17) is 0 Å². The highest BCUT2D eigenvalue weighted by molar-refractivity contribution is 7.87. The minimum Gasteiger partial charge on any atom is -0.380 e. The summed E-state index contributed by atoms with van der Waals surface area (Å²) < 4.78 is 98.9. The van der Waals surface area contributed by atoms with Crippen molar-refractivity contribution < 1.29 is 43.8 Å². The van der Waals surface area contributed by atoms with Gasteiger partial charge in [0.25, 0.3) is 36.0 Å². The molecule has 0 atom stereocenters. The molecule has 0 aliphatic heterocycles. The number of benzene rings is 3. The molecule has 0 aromatic heterocycles. The Kier molecular flexibility index (Phi) is 6.18. The number of hydrogen-bond acceptors (Lipinski definition) is 9. The zero-order valence-corrected chi connectivity index (χ0v) is 18.6. The largest absolute Gasteiger partial charge is 0.380 e. The summed E-state index contributed by atoms with van der Waals surface area (Å²) in [6.07, 6.45) is 0. The molecule has 0 bridgehead atoms. The molecule has 0 saturated carbocycles. The van der Waals surface area contributed by atoms with Crippen molar-refractivity contribution in [2.24, 2.45) is 0 Å². The third kappa shape index (κ3) is 5.44. The first-order chi connectivity index (χ1) is 15.1. The Morgan fingerprint density at radius 2 is 1.39 bits per heavy atom. The summed E-state index contributed by atoms with van der Waals surface area (Å²) in [6.45, 7) is -0.198. The van der Waals surface area contributed by atoms with Gasteiger partial charge < -0.3 is 5.32 Å². The van der Waals surface area contributed by atoms with E-state index in [1.54, 1.807) is 0 Å². The molecule has 0 amide bonds. The Balaban J connectivity index is 2.30. The van der Waals surface area contributed by atoms with E-state index >= 15 is 0 Å². The normalized spacial score (nSPS) is 12.6. The topological polar surface area (TPSA) is 218 Å². The number of fused-ring (bicyclic) bond motifs is 1. The second-order valence-corrected chi connectivity index (χ2v) is 10.9. The van der Waals surface area contributed by atoms with Gasteiger partial charge in [0, 0.05) is 29.8 Å². The number of nitro groups is 1. The van der Waals surface area contributed by atoms with Gasteiger partial charge in [-0.1, -0.05) is 12.1 Å². The fourth-order valence-electron chi connectivity index (χ4n) is 3.04. The van der Waals surface area contributed by atoms with Crippen LogP contribution in [0, 0.1) is 10.1 Å². The Labute approximate surface area is 187 Å². The summed E-state index contributed by atoms with van der Waals surface area (Å²) in [5.74, 6) is 0. The number of anilines is 1. The van der Waals surface area contributed by atoms with E-state index < -0.39 is 50.0 Å². The van der Waals surface area contributed by atoms with Crippen molar-refractivity contribution in [2.75, 3.05) is 5.32 Å². The first-order valence-electron chi connectivity index (χ1n) is 8.59. The van der Waals surface area contributed by atoms with Crippen LogP contribution in [0.1, 0.15) is 5.56 Å². The molecule has 16 heteroatoms. The van der Waals surface area contributed by atoms with Crippen molar-refractivity contribution in [1.29, 1.82) is 0 Å². The van der Waals surface area contributed by atoms with Crippen LogP contribution in [0.5, 0.6) is 0 Å². The molecule has 0 heterocycles. The second-order valence-electron chi connectivity index (χ2n) is 6.70. The number of nitro benzene ring substituents is 1. The highest BCUT2D eigenvalue weighted by atomic mass is 32.2. The number of non-ortho nitro benzene ring substituents is 1. The average Bonchev–Trinajstić information content (AvgIpc) is 2.69. The van der Waals surface area contributed by atoms with Crippen LogP contribution in [0.2, 0.25) is 0 Å². The molecule has 3 rings (SSSR count). The van der Waals surface area contributed by atoms with E-state index in [1.807, 2.05) is 0 Å². The van der Waals surface area contributed by atoms with Gasteiger partial charge in [0.2, 0.25) is 0 Å². The van der Waals surface area contributed by atoms with Crippen LogP contribution in [0.4, 0.5) is 11.4 Å². The Hall–Kier alpha value is -3.15. The van der Waals surface area contributed by atoms with Crippen molar-refractivity contribution in [2.45, 2.75) is 21.2 Å². The molecule has 0 spiro atoms. The monoisotopic (exact) mass is 518 g/mol. The Morgan fingerprint density at radius 3 is 1.91 bits per heavy atom. The first-order valence-corrected chi connectivity index (χ1v) is 12.9. The van der Waals surface area contributed by atoms with Gasteiger partial charge in [0.05, 0.1) is 14.7 Å². The molecule has 3 aromatic carbocycles. The van der Waals surface area contributed by atoms with Crippen LogP contribution in [0.15, 0.2) is 63.2 Å². The predicted molar refractivity (Wildman–Crippen MR) is 114 cm³/mol. The summed E-state index contributed by atoms with van der Waals surface area (Å²) in [5.41, 5.74) is -0.194. The fraction of sp³-hybridized carbons (Fsp3) is 0.0588. The van der Waals surface area contributed by atoms with E-state index in [0.717, 1.165) is 18.2 Å². The van der Waals surface area contributed by atoms with Gasteiger partial charge >= 0.3 is 0 Å². The lowest BCUT2D eigenvalue weighted by molar-refractivity contribution is -0.384. The van der Waals surface area contributed by atoms with E-state index in [0.29, 0.717) is 11.6 Å². The van der Waals surface area contributed by atoms with Crippen molar-refractivity contribution in [3.05, 3.63) is 64.2 Å². The third-order valence-corrected chi connectivity index (χ3v) is 6.98. The third-order valence-electron chi connectivity index (χ3n) is 4.44. The van der Waals surface area contributed by atoms with Crippen LogP contribution < -0.4 is 5.32 Å². The lowest BCUT2D eigenvalue weighted by atomic mass is 10.1. The molecular weight excluding hydrogens is 504 g/mol. The minimum absolute atomic E-state index is 0.198. The molecule has 4 N–H and O–H groups in total. The lowest BCUT2D eigenvalue weighted by Gasteiger charge is -2.15. The predicted octanol–water partition coefficient (Wildman–Crippen LogP) is 2.10. The van der Waals surface area contributed by atoms with Crippen LogP contribution >= 0.6 is 0 Å². The average molecular weight is 519 g/mol. The van der Waals surface area contributed by atoms with Crippen LogP contribution in [-0.4, -0.2) is 43.8 Å². The maximum atomic E-state index is 12.0. The number of nitrogens with one attached hydrogen (secondary N) is 1. The molecule has 0 radical (unpaired) electrons. The molecule has 0 unspecified atom stereocenters. The van der Waals surface area contributed by atoms with E-state index in [1.165, 1.54) is 24.3 Å². The second kappa shape index (κ2) is 8.32. The van der Waals surface area contributed by atoms with Crippen LogP contribution in [-0.2, 0) is 36.9 Å². The summed E-state index contributed by atoms with van der Waals surface area (Å²) in [4.78, 5) is 7.61.